The minimum atomic E-state index is -0.0138. The molecule has 3 rings (SSSR count). The first-order chi connectivity index (χ1) is 9.74. The van der Waals surface area contributed by atoms with Crippen LogP contribution in [0.3, 0.4) is 0 Å². The van der Waals surface area contributed by atoms with E-state index in [1.54, 1.807) is 30.2 Å². The van der Waals surface area contributed by atoms with Gasteiger partial charge in [-0.2, -0.15) is 20.1 Å². The Labute approximate surface area is 114 Å². The van der Waals surface area contributed by atoms with E-state index in [0.717, 1.165) is 0 Å². The molecule has 2 aromatic rings. The van der Waals surface area contributed by atoms with Crippen LogP contribution in [-0.2, 0) is 4.79 Å². The van der Waals surface area contributed by atoms with Gasteiger partial charge in [-0.1, -0.05) is 0 Å². The fourth-order valence-corrected chi connectivity index (χ4v) is 1.92. The Morgan fingerprint density at radius 1 is 1.35 bits per heavy atom. The van der Waals surface area contributed by atoms with Gasteiger partial charge in [0.15, 0.2) is 0 Å². The number of anilines is 2. The number of carbonyl (C=O) groups is 1. The number of carbonyl (C=O) groups excluding carboxylic acids is 1. The average Bonchev–Trinajstić information content (AvgIpc) is 3.10. The van der Waals surface area contributed by atoms with Crippen LogP contribution in [0.25, 0.3) is 5.95 Å². The molecule has 1 aliphatic heterocycles. The SMILES string of the molecule is CNc1nc(NC2CNC(=O)C2)nc(-n2cccn2)n1. The van der Waals surface area contributed by atoms with Crippen molar-refractivity contribution in [2.24, 2.45) is 0 Å². The molecule has 1 amide bonds. The predicted molar refractivity (Wildman–Crippen MR) is 71.5 cm³/mol. The molecule has 1 unspecified atom stereocenters. The van der Waals surface area contributed by atoms with E-state index in [1.807, 2.05) is 0 Å². The lowest BCUT2D eigenvalue weighted by Crippen LogP contribution is -2.24. The van der Waals surface area contributed by atoms with Gasteiger partial charge in [-0.25, -0.2) is 4.68 Å². The van der Waals surface area contributed by atoms with Crippen LogP contribution in [0.5, 0.6) is 0 Å². The summed E-state index contributed by atoms with van der Waals surface area (Å²) < 4.78 is 1.55. The first-order valence-corrected chi connectivity index (χ1v) is 6.21. The lowest BCUT2D eigenvalue weighted by atomic mass is 10.3. The van der Waals surface area contributed by atoms with Gasteiger partial charge < -0.3 is 16.0 Å². The zero-order valence-electron chi connectivity index (χ0n) is 10.9. The summed E-state index contributed by atoms with van der Waals surface area (Å²) in [5, 5.41) is 12.8. The Hall–Kier alpha value is -2.71. The summed E-state index contributed by atoms with van der Waals surface area (Å²) in [6, 6.07) is 1.77. The first kappa shape index (κ1) is 12.3. The van der Waals surface area contributed by atoms with Gasteiger partial charge in [0.1, 0.15) is 0 Å². The second-order valence-corrected chi connectivity index (χ2v) is 4.33. The zero-order valence-corrected chi connectivity index (χ0v) is 10.9. The molecule has 1 aliphatic rings. The summed E-state index contributed by atoms with van der Waals surface area (Å²) in [5.41, 5.74) is 0. The monoisotopic (exact) mass is 274 g/mol. The maximum absolute atomic E-state index is 11.2. The maximum Gasteiger partial charge on any atom is 0.257 e. The summed E-state index contributed by atoms with van der Waals surface area (Å²) in [6.45, 7) is 0.566. The average molecular weight is 274 g/mol. The van der Waals surface area contributed by atoms with E-state index in [9.17, 15) is 4.79 Å². The topological polar surface area (TPSA) is 110 Å². The van der Waals surface area contributed by atoms with Crippen LogP contribution in [-0.4, -0.2) is 50.3 Å². The molecule has 9 heteroatoms. The van der Waals surface area contributed by atoms with E-state index in [0.29, 0.717) is 30.8 Å². The maximum atomic E-state index is 11.2. The fourth-order valence-electron chi connectivity index (χ4n) is 1.92. The number of aromatic nitrogens is 5. The molecular formula is C11H14N8O. The van der Waals surface area contributed by atoms with E-state index in [4.69, 9.17) is 0 Å². The molecule has 3 N–H and O–H groups in total. The molecule has 0 bridgehead atoms. The second kappa shape index (κ2) is 5.11. The number of rotatable bonds is 4. The first-order valence-electron chi connectivity index (χ1n) is 6.21. The quantitative estimate of drug-likeness (QED) is 0.682. The lowest BCUT2D eigenvalue weighted by Gasteiger charge is -2.12. The van der Waals surface area contributed by atoms with E-state index >= 15 is 0 Å². The molecule has 1 saturated heterocycles. The minimum absolute atomic E-state index is 0.0138. The highest BCUT2D eigenvalue weighted by atomic mass is 16.1. The number of nitrogens with one attached hydrogen (secondary N) is 3. The highest BCUT2D eigenvalue weighted by Gasteiger charge is 2.22. The van der Waals surface area contributed by atoms with Crippen molar-refractivity contribution >= 4 is 17.8 Å². The molecule has 0 saturated carbocycles. The summed E-state index contributed by atoms with van der Waals surface area (Å²) in [7, 11) is 1.73. The number of nitrogens with zero attached hydrogens (tertiary/aromatic N) is 5. The molecular weight excluding hydrogens is 260 g/mol. The van der Waals surface area contributed by atoms with Crippen LogP contribution in [0.4, 0.5) is 11.9 Å². The van der Waals surface area contributed by atoms with Crippen LogP contribution in [0.1, 0.15) is 6.42 Å². The predicted octanol–water partition coefficient (Wildman–Crippen LogP) is -0.601. The highest BCUT2D eigenvalue weighted by molar-refractivity contribution is 5.79. The van der Waals surface area contributed by atoms with Crippen molar-refractivity contribution in [1.29, 1.82) is 0 Å². The van der Waals surface area contributed by atoms with Crippen LogP contribution >= 0.6 is 0 Å². The van der Waals surface area contributed by atoms with Crippen LogP contribution in [0.2, 0.25) is 0 Å². The largest absolute Gasteiger partial charge is 0.357 e. The molecule has 20 heavy (non-hydrogen) atoms. The Kier molecular flexibility index (Phi) is 3.15. The summed E-state index contributed by atoms with van der Waals surface area (Å²) in [4.78, 5) is 23.9. The van der Waals surface area contributed by atoms with Crippen molar-refractivity contribution in [2.75, 3.05) is 24.2 Å². The molecule has 1 fully saturated rings. The Balaban J connectivity index is 1.86. The molecule has 9 nitrogen and oxygen atoms in total. The van der Waals surface area contributed by atoms with Crippen molar-refractivity contribution in [3.05, 3.63) is 18.5 Å². The van der Waals surface area contributed by atoms with Crippen molar-refractivity contribution in [3.63, 3.8) is 0 Å². The molecule has 104 valence electrons. The zero-order chi connectivity index (χ0) is 13.9. The number of hydrogen-bond acceptors (Lipinski definition) is 7. The third-order valence-corrected chi connectivity index (χ3v) is 2.87. The Bertz CT molecular complexity index is 611. The van der Waals surface area contributed by atoms with Gasteiger partial charge in [-0.3, -0.25) is 4.79 Å². The standard InChI is InChI=1S/C11H14N8O/c1-12-9-16-10(15-7-5-8(20)13-6-7)18-11(17-9)19-4-2-3-14-19/h2-4,7H,5-6H2,1H3,(H,13,20)(H2,12,15,16,17,18). The van der Waals surface area contributed by atoms with Gasteiger partial charge in [0, 0.05) is 32.4 Å². The molecule has 0 spiro atoms. The lowest BCUT2D eigenvalue weighted by molar-refractivity contribution is -0.119. The molecule has 1 atom stereocenters. The molecule has 0 aromatic carbocycles. The van der Waals surface area contributed by atoms with Gasteiger partial charge in [0.2, 0.25) is 17.8 Å². The van der Waals surface area contributed by atoms with Crippen molar-refractivity contribution in [1.82, 2.24) is 30.0 Å². The van der Waals surface area contributed by atoms with Crippen molar-refractivity contribution in [2.45, 2.75) is 12.5 Å². The summed E-state index contributed by atoms with van der Waals surface area (Å²) >= 11 is 0. The number of amides is 1. The van der Waals surface area contributed by atoms with E-state index in [1.165, 1.54) is 0 Å². The third-order valence-electron chi connectivity index (χ3n) is 2.87. The fraction of sp³-hybridized carbons (Fsp3) is 0.364. The molecule has 0 radical (unpaired) electrons. The van der Waals surface area contributed by atoms with Gasteiger partial charge >= 0.3 is 0 Å². The normalized spacial score (nSPS) is 17.9. The van der Waals surface area contributed by atoms with Crippen LogP contribution < -0.4 is 16.0 Å². The van der Waals surface area contributed by atoms with Crippen molar-refractivity contribution < 1.29 is 4.79 Å². The van der Waals surface area contributed by atoms with E-state index in [-0.39, 0.29) is 11.9 Å². The van der Waals surface area contributed by atoms with Crippen molar-refractivity contribution in [3.8, 4) is 5.95 Å². The molecule has 3 heterocycles. The summed E-state index contributed by atoms with van der Waals surface area (Å²) in [5.74, 6) is 1.29. The third kappa shape index (κ3) is 2.51. The van der Waals surface area contributed by atoms with Crippen LogP contribution in [0, 0.1) is 0 Å². The van der Waals surface area contributed by atoms with Gasteiger partial charge in [-0.15, -0.1) is 0 Å². The smallest absolute Gasteiger partial charge is 0.257 e. The molecule has 0 aliphatic carbocycles. The van der Waals surface area contributed by atoms with Gasteiger partial charge in [0.05, 0.1) is 6.04 Å². The van der Waals surface area contributed by atoms with Gasteiger partial charge in [-0.05, 0) is 6.07 Å². The number of hydrogen-bond donors (Lipinski definition) is 3. The van der Waals surface area contributed by atoms with Crippen LogP contribution in [0.15, 0.2) is 18.5 Å². The Morgan fingerprint density at radius 3 is 2.85 bits per heavy atom. The molecule has 2 aromatic heterocycles. The second-order valence-electron chi connectivity index (χ2n) is 4.33. The highest BCUT2D eigenvalue weighted by Crippen LogP contribution is 2.11. The van der Waals surface area contributed by atoms with E-state index in [2.05, 4.69) is 36.0 Å². The summed E-state index contributed by atoms with van der Waals surface area (Å²) in [6.07, 6.45) is 3.81. The minimum Gasteiger partial charge on any atom is -0.357 e. The van der Waals surface area contributed by atoms with E-state index < -0.39 is 0 Å². The van der Waals surface area contributed by atoms with Gasteiger partial charge in [0.25, 0.3) is 5.95 Å². The Morgan fingerprint density at radius 2 is 2.20 bits per heavy atom.